The molecule has 0 bridgehead atoms. The van der Waals surface area contributed by atoms with E-state index in [0.717, 1.165) is 15.6 Å². The predicted octanol–water partition coefficient (Wildman–Crippen LogP) is 5.09. The number of carbonyl (C=O) groups is 2. The molecule has 1 N–H and O–H groups in total. The second kappa shape index (κ2) is 7.88. The minimum atomic E-state index is -0.774. The standard InChI is InChI=1S/C24H19BrN2O3/c1-14-10-15(2)12-19(11-14)27-21(17-4-3-9-26-13-17)20(23(29)24(27)30)22(28)16-5-7-18(25)8-6-16/h3-13,21,28H,1-2H3/b22-20+. The minimum Gasteiger partial charge on any atom is -0.507 e. The molecule has 1 unspecified atom stereocenters. The van der Waals surface area contributed by atoms with Gasteiger partial charge in [-0.05, 0) is 60.9 Å². The van der Waals surface area contributed by atoms with E-state index in [2.05, 4.69) is 20.9 Å². The number of carbonyl (C=O) groups excluding carboxylic acids is 2. The Bertz CT molecular complexity index is 1150. The van der Waals surface area contributed by atoms with E-state index in [1.54, 1.807) is 48.8 Å². The van der Waals surface area contributed by atoms with E-state index in [9.17, 15) is 14.7 Å². The molecule has 0 saturated carbocycles. The van der Waals surface area contributed by atoms with Gasteiger partial charge >= 0.3 is 0 Å². The number of nitrogens with zero attached hydrogens (tertiary/aromatic N) is 2. The lowest BCUT2D eigenvalue weighted by molar-refractivity contribution is -0.132. The second-order valence-electron chi connectivity index (χ2n) is 7.31. The van der Waals surface area contributed by atoms with Gasteiger partial charge in [0.1, 0.15) is 5.76 Å². The van der Waals surface area contributed by atoms with Gasteiger partial charge in [-0.2, -0.15) is 0 Å². The van der Waals surface area contributed by atoms with Crippen molar-refractivity contribution in [1.82, 2.24) is 4.98 Å². The summed E-state index contributed by atoms with van der Waals surface area (Å²) in [7, 11) is 0. The summed E-state index contributed by atoms with van der Waals surface area (Å²) in [5, 5.41) is 11.0. The number of benzene rings is 2. The van der Waals surface area contributed by atoms with Gasteiger partial charge in [0.05, 0.1) is 11.6 Å². The number of ketones is 1. The first-order valence-electron chi connectivity index (χ1n) is 9.42. The van der Waals surface area contributed by atoms with Crippen molar-refractivity contribution in [2.45, 2.75) is 19.9 Å². The molecule has 0 radical (unpaired) electrons. The van der Waals surface area contributed by atoms with Gasteiger partial charge < -0.3 is 5.11 Å². The first-order valence-corrected chi connectivity index (χ1v) is 10.2. The molecule has 150 valence electrons. The van der Waals surface area contributed by atoms with Gasteiger partial charge in [0.15, 0.2) is 0 Å². The molecule has 6 heteroatoms. The molecule has 4 rings (SSSR count). The van der Waals surface area contributed by atoms with Crippen LogP contribution in [0.15, 0.2) is 77.0 Å². The van der Waals surface area contributed by atoms with Gasteiger partial charge in [0.25, 0.3) is 11.7 Å². The Balaban J connectivity index is 1.96. The number of aliphatic hydroxyl groups is 1. The molecule has 0 spiro atoms. The van der Waals surface area contributed by atoms with Crippen LogP contribution in [-0.4, -0.2) is 21.8 Å². The SMILES string of the molecule is Cc1cc(C)cc(N2C(=O)C(=O)/C(=C(/O)c3ccc(Br)cc3)C2c2cccnc2)c1. The van der Waals surface area contributed by atoms with Crippen LogP contribution < -0.4 is 4.90 Å². The molecular formula is C24H19BrN2O3. The van der Waals surface area contributed by atoms with Crippen molar-refractivity contribution in [2.75, 3.05) is 4.90 Å². The van der Waals surface area contributed by atoms with Crippen LogP contribution in [0, 0.1) is 13.8 Å². The summed E-state index contributed by atoms with van der Waals surface area (Å²) in [4.78, 5) is 31.8. The Morgan fingerprint density at radius 2 is 1.70 bits per heavy atom. The molecule has 1 aliphatic rings. The Hall–Kier alpha value is -3.25. The third-order valence-electron chi connectivity index (χ3n) is 5.05. The monoisotopic (exact) mass is 462 g/mol. The first kappa shape index (κ1) is 20.0. The number of aromatic nitrogens is 1. The number of rotatable bonds is 3. The average molecular weight is 463 g/mol. The molecule has 3 aromatic rings. The van der Waals surface area contributed by atoms with Crippen LogP contribution >= 0.6 is 15.9 Å². The fraction of sp³-hybridized carbons (Fsp3) is 0.125. The number of hydrogen-bond donors (Lipinski definition) is 1. The maximum atomic E-state index is 13.1. The fourth-order valence-corrected chi connectivity index (χ4v) is 4.07. The van der Waals surface area contributed by atoms with Crippen LogP contribution in [0.25, 0.3) is 5.76 Å². The quantitative estimate of drug-likeness (QED) is 0.334. The predicted molar refractivity (Wildman–Crippen MR) is 119 cm³/mol. The summed E-state index contributed by atoms with van der Waals surface area (Å²) in [6.45, 7) is 3.88. The highest BCUT2D eigenvalue weighted by Crippen LogP contribution is 2.42. The molecule has 1 aromatic heterocycles. The van der Waals surface area contributed by atoms with E-state index in [-0.39, 0.29) is 11.3 Å². The summed E-state index contributed by atoms with van der Waals surface area (Å²) in [5.41, 5.74) is 3.72. The normalized spacial score (nSPS) is 18.1. The number of pyridine rings is 1. The Labute approximate surface area is 182 Å². The molecule has 5 nitrogen and oxygen atoms in total. The molecule has 1 amide bonds. The summed E-state index contributed by atoms with van der Waals surface area (Å²) in [6.07, 6.45) is 3.24. The maximum Gasteiger partial charge on any atom is 0.300 e. The zero-order valence-electron chi connectivity index (χ0n) is 16.5. The fourth-order valence-electron chi connectivity index (χ4n) is 3.80. The highest BCUT2D eigenvalue weighted by molar-refractivity contribution is 9.10. The average Bonchev–Trinajstić information content (AvgIpc) is 2.99. The van der Waals surface area contributed by atoms with E-state index >= 15 is 0 Å². The molecule has 0 aliphatic carbocycles. The Morgan fingerprint density at radius 3 is 2.30 bits per heavy atom. The number of anilines is 1. The van der Waals surface area contributed by atoms with Gasteiger partial charge in [-0.25, -0.2) is 0 Å². The lowest BCUT2D eigenvalue weighted by Crippen LogP contribution is -2.29. The number of aliphatic hydroxyl groups excluding tert-OH is 1. The van der Waals surface area contributed by atoms with E-state index in [1.165, 1.54) is 4.90 Å². The topological polar surface area (TPSA) is 70.5 Å². The van der Waals surface area contributed by atoms with Crippen LogP contribution in [0.2, 0.25) is 0 Å². The van der Waals surface area contributed by atoms with Crippen LogP contribution in [-0.2, 0) is 9.59 Å². The van der Waals surface area contributed by atoms with Crippen LogP contribution in [0.1, 0.15) is 28.3 Å². The molecule has 1 atom stereocenters. The largest absolute Gasteiger partial charge is 0.507 e. The molecular weight excluding hydrogens is 444 g/mol. The Morgan fingerprint density at radius 1 is 1.03 bits per heavy atom. The minimum absolute atomic E-state index is 0.0504. The van der Waals surface area contributed by atoms with Gasteiger partial charge in [0.2, 0.25) is 0 Å². The highest BCUT2D eigenvalue weighted by Gasteiger charge is 2.47. The third kappa shape index (κ3) is 3.55. The van der Waals surface area contributed by atoms with Gasteiger partial charge in [-0.15, -0.1) is 0 Å². The van der Waals surface area contributed by atoms with Crippen molar-refractivity contribution in [1.29, 1.82) is 0 Å². The number of Topliss-reactive ketones (excluding diaryl/α,β-unsaturated/α-hetero) is 1. The first-order chi connectivity index (χ1) is 14.4. The van der Waals surface area contributed by atoms with Crippen molar-refractivity contribution in [3.8, 4) is 0 Å². The molecule has 2 aromatic carbocycles. The van der Waals surface area contributed by atoms with Crippen molar-refractivity contribution >= 4 is 39.1 Å². The lowest BCUT2D eigenvalue weighted by atomic mass is 9.96. The molecule has 2 heterocycles. The van der Waals surface area contributed by atoms with Crippen molar-refractivity contribution in [2.24, 2.45) is 0 Å². The Kier molecular flexibility index (Phi) is 5.26. The second-order valence-corrected chi connectivity index (χ2v) is 8.22. The van der Waals surface area contributed by atoms with E-state index in [4.69, 9.17) is 0 Å². The van der Waals surface area contributed by atoms with Crippen molar-refractivity contribution in [3.05, 3.63) is 99.3 Å². The number of hydrogen-bond acceptors (Lipinski definition) is 4. The third-order valence-corrected chi connectivity index (χ3v) is 5.58. The van der Waals surface area contributed by atoms with E-state index < -0.39 is 17.7 Å². The number of halogens is 1. The van der Waals surface area contributed by atoms with Crippen LogP contribution in [0.3, 0.4) is 0 Å². The zero-order valence-corrected chi connectivity index (χ0v) is 18.1. The maximum absolute atomic E-state index is 13.1. The van der Waals surface area contributed by atoms with Gasteiger partial charge in [-0.1, -0.05) is 40.2 Å². The number of aryl methyl sites for hydroxylation is 2. The van der Waals surface area contributed by atoms with Gasteiger partial charge in [-0.3, -0.25) is 19.5 Å². The molecule has 1 fully saturated rings. The zero-order chi connectivity index (χ0) is 21.4. The molecule has 1 saturated heterocycles. The summed E-state index contributed by atoms with van der Waals surface area (Å²) in [5.74, 6) is -1.60. The highest BCUT2D eigenvalue weighted by atomic mass is 79.9. The molecule has 30 heavy (non-hydrogen) atoms. The summed E-state index contributed by atoms with van der Waals surface area (Å²) < 4.78 is 0.846. The van der Waals surface area contributed by atoms with E-state index in [0.29, 0.717) is 16.8 Å². The van der Waals surface area contributed by atoms with Crippen molar-refractivity contribution in [3.63, 3.8) is 0 Å². The van der Waals surface area contributed by atoms with Gasteiger partial charge in [0, 0.05) is 28.1 Å². The summed E-state index contributed by atoms with van der Waals surface area (Å²) in [6, 6.07) is 15.4. The number of amides is 1. The van der Waals surface area contributed by atoms with E-state index in [1.807, 2.05) is 32.0 Å². The van der Waals surface area contributed by atoms with Crippen LogP contribution in [0.4, 0.5) is 5.69 Å². The lowest BCUT2D eigenvalue weighted by Gasteiger charge is -2.25. The summed E-state index contributed by atoms with van der Waals surface area (Å²) >= 11 is 3.37. The van der Waals surface area contributed by atoms with Crippen molar-refractivity contribution < 1.29 is 14.7 Å². The smallest absolute Gasteiger partial charge is 0.300 e. The molecule has 1 aliphatic heterocycles. The van der Waals surface area contributed by atoms with Crippen LogP contribution in [0.5, 0.6) is 0 Å².